The summed E-state index contributed by atoms with van der Waals surface area (Å²) in [5.74, 6) is 1.16. The van der Waals surface area contributed by atoms with Crippen LogP contribution in [0.15, 0.2) is 0 Å². The zero-order chi connectivity index (χ0) is 8.97. The molecule has 0 aliphatic carbocycles. The molecule has 1 fully saturated rings. The first-order valence-electron chi connectivity index (χ1n) is 4.17. The first-order valence-corrected chi connectivity index (χ1v) is 7.22. The van der Waals surface area contributed by atoms with Crippen LogP contribution in [0.4, 0.5) is 0 Å². The average molecular weight is 393 g/mol. The lowest BCUT2D eigenvalue weighted by molar-refractivity contribution is -0.129. The van der Waals surface area contributed by atoms with Crippen molar-refractivity contribution in [3.05, 3.63) is 0 Å². The number of hydrogen-bond acceptors (Lipinski definition) is 1. The fraction of sp³-hybridized carbons (Fsp3) is 0.875. The van der Waals surface area contributed by atoms with Crippen molar-refractivity contribution in [3.8, 4) is 0 Å². The SMILES string of the molecule is O=C(CI)N1CCC(CI)CC1. The molecule has 12 heavy (non-hydrogen) atoms. The number of carbonyl (C=O) groups excluding carboxylic acids is 1. The summed E-state index contributed by atoms with van der Waals surface area (Å²) in [4.78, 5) is 13.3. The van der Waals surface area contributed by atoms with E-state index in [4.69, 9.17) is 0 Å². The van der Waals surface area contributed by atoms with Gasteiger partial charge in [-0.1, -0.05) is 45.2 Å². The van der Waals surface area contributed by atoms with E-state index >= 15 is 0 Å². The number of rotatable bonds is 2. The lowest BCUT2D eigenvalue weighted by Crippen LogP contribution is -2.39. The largest absolute Gasteiger partial charge is 0.342 e. The van der Waals surface area contributed by atoms with Crippen LogP contribution in [-0.4, -0.2) is 32.8 Å². The summed E-state index contributed by atoms with van der Waals surface area (Å²) in [5.41, 5.74) is 0. The smallest absolute Gasteiger partial charge is 0.232 e. The Labute approximate surface area is 101 Å². The van der Waals surface area contributed by atoms with Crippen molar-refractivity contribution in [2.45, 2.75) is 12.8 Å². The highest BCUT2D eigenvalue weighted by molar-refractivity contribution is 14.1. The molecule has 2 nitrogen and oxygen atoms in total. The van der Waals surface area contributed by atoms with Crippen LogP contribution in [-0.2, 0) is 4.79 Å². The monoisotopic (exact) mass is 393 g/mol. The first-order chi connectivity index (χ1) is 5.77. The molecule has 0 aromatic heterocycles. The Morgan fingerprint density at radius 2 is 1.92 bits per heavy atom. The molecule has 0 saturated carbocycles. The molecule has 1 amide bonds. The van der Waals surface area contributed by atoms with E-state index in [9.17, 15) is 4.79 Å². The van der Waals surface area contributed by atoms with Gasteiger partial charge in [-0.3, -0.25) is 4.79 Å². The second kappa shape index (κ2) is 5.62. The van der Waals surface area contributed by atoms with E-state index in [-0.39, 0.29) is 0 Å². The fourth-order valence-electron chi connectivity index (χ4n) is 1.42. The molecule has 0 aromatic rings. The van der Waals surface area contributed by atoms with Crippen molar-refractivity contribution >= 4 is 51.1 Å². The number of likely N-dealkylation sites (tertiary alicyclic amines) is 1. The molecular formula is C8H13I2NO. The van der Waals surface area contributed by atoms with Crippen molar-refractivity contribution in [1.29, 1.82) is 0 Å². The van der Waals surface area contributed by atoms with E-state index in [1.165, 1.54) is 17.3 Å². The lowest BCUT2D eigenvalue weighted by Gasteiger charge is -2.30. The highest BCUT2D eigenvalue weighted by Gasteiger charge is 2.20. The third kappa shape index (κ3) is 3.01. The molecule has 1 rings (SSSR count). The van der Waals surface area contributed by atoms with Gasteiger partial charge in [0.15, 0.2) is 0 Å². The highest BCUT2D eigenvalue weighted by atomic mass is 127. The second-order valence-corrected chi connectivity index (χ2v) is 4.76. The van der Waals surface area contributed by atoms with Gasteiger partial charge in [-0.15, -0.1) is 0 Å². The van der Waals surface area contributed by atoms with Gasteiger partial charge in [0.2, 0.25) is 5.91 Å². The van der Waals surface area contributed by atoms with Gasteiger partial charge in [0.25, 0.3) is 0 Å². The number of alkyl halides is 2. The van der Waals surface area contributed by atoms with Crippen molar-refractivity contribution < 1.29 is 4.79 Å². The molecule has 0 unspecified atom stereocenters. The molecule has 70 valence electrons. The van der Waals surface area contributed by atoms with Gasteiger partial charge < -0.3 is 4.90 Å². The topological polar surface area (TPSA) is 20.3 Å². The van der Waals surface area contributed by atoms with Crippen molar-refractivity contribution in [1.82, 2.24) is 4.90 Å². The van der Waals surface area contributed by atoms with E-state index in [1.54, 1.807) is 0 Å². The first kappa shape index (κ1) is 11.0. The molecule has 0 atom stereocenters. The zero-order valence-corrected chi connectivity index (χ0v) is 11.2. The number of hydrogen-bond donors (Lipinski definition) is 0. The highest BCUT2D eigenvalue weighted by Crippen LogP contribution is 2.19. The minimum absolute atomic E-state index is 0.308. The van der Waals surface area contributed by atoms with E-state index in [0.29, 0.717) is 10.3 Å². The Kier molecular flexibility index (Phi) is 5.15. The van der Waals surface area contributed by atoms with Crippen LogP contribution in [0.3, 0.4) is 0 Å². The molecule has 0 spiro atoms. The Balaban J connectivity index is 2.30. The minimum atomic E-state index is 0.308. The lowest BCUT2D eigenvalue weighted by atomic mass is 9.99. The molecule has 1 saturated heterocycles. The van der Waals surface area contributed by atoms with Gasteiger partial charge >= 0.3 is 0 Å². The van der Waals surface area contributed by atoms with Crippen LogP contribution < -0.4 is 0 Å². The van der Waals surface area contributed by atoms with Crippen LogP contribution in [0.5, 0.6) is 0 Å². The second-order valence-electron chi connectivity index (χ2n) is 3.11. The van der Waals surface area contributed by atoms with Crippen LogP contribution in [0.2, 0.25) is 0 Å². The summed E-state index contributed by atoms with van der Waals surface area (Å²) in [6.07, 6.45) is 2.40. The van der Waals surface area contributed by atoms with Gasteiger partial charge in [-0.05, 0) is 18.8 Å². The summed E-state index contributed by atoms with van der Waals surface area (Å²) in [6.45, 7) is 1.96. The molecule has 1 heterocycles. The predicted octanol–water partition coefficient (Wildman–Crippen LogP) is 2.10. The van der Waals surface area contributed by atoms with Crippen molar-refractivity contribution in [2.75, 3.05) is 21.9 Å². The summed E-state index contributed by atoms with van der Waals surface area (Å²) in [7, 11) is 0. The van der Waals surface area contributed by atoms with Crippen LogP contribution in [0.1, 0.15) is 12.8 Å². The molecule has 0 radical (unpaired) electrons. The molecule has 0 aromatic carbocycles. The maximum Gasteiger partial charge on any atom is 0.232 e. The Bertz CT molecular complexity index is 155. The third-order valence-electron chi connectivity index (χ3n) is 2.30. The maximum absolute atomic E-state index is 11.3. The van der Waals surface area contributed by atoms with E-state index in [1.807, 2.05) is 4.90 Å². The van der Waals surface area contributed by atoms with Crippen LogP contribution in [0.25, 0.3) is 0 Å². The Hall–Kier alpha value is 0.930. The molecule has 0 bridgehead atoms. The molecule has 4 heteroatoms. The van der Waals surface area contributed by atoms with Crippen LogP contribution >= 0.6 is 45.2 Å². The average Bonchev–Trinajstić information content (AvgIpc) is 2.17. The van der Waals surface area contributed by atoms with Crippen molar-refractivity contribution in [2.24, 2.45) is 5.92 Å². The molecular weight excluding hydrogens is 380 g/mol. The van der Waals surface area contributed by atoms with E-state index in [0.717, 1.165) is 19.0 Å². The Morgan fingerprint density at radius 1 is 1.33 bits per heavy atom. The fourth-order valence-corrected chi connectivity index (χ4v) is 2.78. The van der Waals surface area contributed by atoms with Gasteiger partial charge in [0.1, 0.15) is 0 Å². The van der Waals surface area contributed by atoms with Gasteiger partial charge in [0.05, 0.1) is 4.43 Å². The van der Waals surface area contributed by atoms with Gasteiger partial charge in [0, 0.05) is 17.5 Å². The zero-order valence-electron chi connectivity index (χ0n) is 6.93. The number of amides is 1. The van der Waals surface area contributed by atoms with Gasteiger partial charge in [-0.2, -0.15) is 0 Å². The van der Waals surface area contributed by atoms with Crippen molar-refractivity contribution in [3.63, 3.8) is 0 Å². The molecule has 0 N–H and O–H groups in total. The third-order valence-corrected chi connectivity index (χ3v) is 4.20. The minimum Gasteiger partial charge on any atom is -0.342 e. The van der Waals surface area contributed by atoms with Gasteiger partial charge in [-0.25, -0.2) is 0 Å². The number of nitrogens with zero attached hydrogens (tertiary/aromatic N) is 1. The summed E-state index contributed by atoms with van der Waals surface area (Å²) < 4.78 is 1.87. The van der Waals surface area contributed by atoms with E-state index in [2.05, 4.69) is 45.2 Å². The maximum atomic E-state index is 11.3. The quantitative estimate of drug-likeness (QED) is 0.520. The van der Waals surface area contributed by atoms with E-state index < -0.39 is 0 Å². The molecule has 1 aliphatic heterocycles. The Morgan fingerprint density at radius 3 is 2.33 bits per heavy atom. The van der Waals surface area contributed by atoms with Crippen LogP contribution in [0, 0.1) is 5.92 Å². The summed E-state index contributed by atoms with van der Waals surface area (Å²) in [6, 6.07) is 0. The summed E-state index contributed by atoms with van der Waals surface area (Å²) in [5, 5.41) is 0. The summed E-state index contributed by atoms with van der Waals surface area (Å²) >= 11 is 4.57. The predicted molar refractivity (Wildman–Crippen MR) is 67.1 cm³/mol. The molecule has 1 aliphatic rings. The number of carbonyl (C=O) groups is 1. The normalized spacial score (nSPS) is 19.7. The number of halogens is 2. The number of piperidine rings is 1. The standard InChI is InChI=1S/C8H13I2NO/c9-5-7-1-3-11(4-2-7)8(12)6-10/h7H,1-6H2.